The molecule has 1 N–H and O–H groups in total. The zero-order valence-corrected chi connectivity index (χ0v) is 10.6. The molecule has 1 aromatic carbocycles. The van der Waals surface area contributed by atoms with Gasteiger partial charge < -0.3 is 9.88 Å². The number of aromatic nitrogens is 2. The van der Waals surface area contributed by atoms with E-state index in [2.05, 4.69) is 59.2 Å². The van der Waals surface area contributed by atoms with Gasteiger partial charge in [0.2, 0.25) is 5.95 Å². The van der Waals surface area contributed by atoms with Crippen molar-refractivity contribution in [3.05, 3.63) is 47.8 Å². The molecule has 0 spiro atoms. The van der Waals surface area contributed by atoms with Crippen LogP contribution in [-0.4, -0.2) is 9.55 Å². The molecule has 3 nitrogen and oxygen atoms in total. The summed E-state index contributed by atoms with van der Waals surface area (Å²) in [5.41, 5.74) is 2.32. The van der Waals surface area contributed by atoms with Crippen LogP contribution < -0.4 is 5.32 Å². The molecule has 3 heteroatoms. The average Bonchev–Trinajstić information content (AvgIpc) is 2.70. The van der Waals surface area contributed by atoms with E-state index in [1.54, 1.807) is 0 Å². The Balaban J connectivity index is 2.15. The molecule has 0 fully saturated rings. The van der Waals surface area contributed by atoms with Gasteiger partial charge in [0.1, 0.15) is 0 Å². The van der Waals surface area contributed by atoms with E-state index in [-0.39, 0.29) is 6.04 Å². The molecule has 17 heavy (non-hydrogen) atoms. The van der Waals surface area contributed by atoms with Gasteiger partial charge in [0.25, 0.3) is 0 Å². The molecule has 2 aromatic rings. The number of rotatable bonds is 4. The fraction of sp³-hybridized carbons (Fsp3) is 0.357. The van der Waals surface area contributed by atoms with E-state index in [1.165, 1.54) is 5.56 Å². The Labute approximate surface area is 103 Å². The van der Waals surface area contributed by atoms with Gasteiger partial charge in [-0.25, -0.2) is 4.98 Å². The Kier molecular flexibility index (Phi) is 3.47. The Morgan fingerprint density at radius 3 is 2.65 bits per heavy atom. The van der Waals surface area contributed by atoms with Gasteiger partial charge in [-0.3, -0.25) is 0 Å². The molecule has 0 aliphatic heterocycles. The van der Waals surface area contributed by atoms with Crippen molar-refractivity contribution in [1.29, 1.82) is 0 Å². The van der Waals surface area contributed by atoms with Gasteiger partial charge in [0, 0.05) is 12.7 Å². The number of aryl methyl sites for hydroxylation is 2. The first-order chi connectivity index (χ1) is 8.20. The maximum atomic E-state index is 4.50. The summed E-state index contributed by atoms with van der Waals surface area (Å²) in [5, 5.41) is 3.45. The van der Waals surface area contributed by atoms with Crippen molar-refractivity contribution in [2.75, 3.05) is 5.32 Å². The number of anilines is 1. The number of benzene rings is 1. The minimum absolute atomic E-state index is 0.267. The summed E-state index contributed by atoms with van der Waals surface area (Å²) in [6.07, 6.45) is 2.07. The largest absolute Gasteiger partial charge is 0.349 e. The molecular weight excluding hydrogens is 210 g/mol. The third-order valence-electron chi connectivity index (χ3n) is 2.88. The topological polar surface area (TPSA) is 29.9 Å². The van der Waals surface area contributed by atoms with Crippen molar-refractivity contribution in [2.24, 2.45) is 0 Å². The summed E-state index contributed by atoms with van der Waals surface area (Å²) in [6.45, 7) is 7.23. The molecule has 0 bridgehead atoms. The molecule has 1 unspecified atom stereocenters. The smallest absolute Gasteiger partial charge is 0.203 e. The van der Waals surface area contributed by atoms with Crippen molar-refractivity contribution in [3.8, 4) is 0 Å². The van der Waals surface area contributed by atoms with Crippen LogP contribution in [0.4, 0.5) is 5.95 Å². The molecule has 0 radical (unpaired) electrons. The summed E-state index contributed by atoms with van der Waals surface area (Å²) in [7, 11) is 0. The van der Waals surface area contributed by atoms with Crippen molar-refractivity contribution < 1.29 is 0 Å². The lowest BCUT2D eigenvalue weighted by Crippen LogP contribution is -2.11. The third-order valence-corrected chi connectivity index (χ3v) is 2.88. The first-order valence-corrected chi connectivity index (χ1v) is 6.06. The van der Waals surface area contributed by atoms with Gasteiger partial charge in [-0.1, -0.05) is 30.3 Å². The Morgan fingerprint density at radius 1 is 1.29 bits per heavy atom. The van der Waals surface area contributed by atoms with Crippen molar-refractivity contribution in [1.82, 2.24) is 9.55 Å². The minimum Gasteiger partial charge on any atom is -0.349 e. The molecule has 1 heterocycles. The predicted molar refractivity (Wildman–Crippen MR) is 71.1 cm³/mol. The Morgan fingerprint density at radius 2 is 2.00 bits per heavy atom. The molecule has 0 saturated heterocycles. The van der Waals surface area contributed by atoms with Gasteiger partial charge in [-0.05, 0) is 26.3 Å². The van der Waals surface area contributed by atoms with Crippen LogP contribution >= 0.6 is 0 Å². The summed E-state index contributed by atoms with van der Waals surface area (Å²) < 4.78 is 2.13. The van der Waals surface area contributed by atoms with Crippen LogP contribution in [0.5, 0.6) is 0 Å². The van der Waals surface area contributed by atoms with Crippen LogP contribution in [0.15, 0.2) is 36.5 Å². The Hall–Kier alpha value is -1.77. The molecule has 2 rings (SSSR count). The van der Waals surface area contributed by atoms with Crippen LogP contribution in [0.1, 0.15) is 31.1 Å². The fourth-order valence-electron chi connectivity index (χ4n) is 1.92. The van der Waals surface area contributed by atoms with Crippen molar-refractivity contribution >= 4 is 5.95 Å². The summed E-state index contributed by atoms with van der Waals surface area (Å²) in [4.78, 5) is 4.50. The summed E-state index contributed by atoms with van der Waals surface area (Å²) in [6, 6.07) is 10.7. The second-order valence-corrected chi connectivity index (χ2v) is 4.27. The molecule has 1 atom stereocenters. The molecule has 0 saturated carbocycles. The predicted octanol–water partition coefficient (Wildman–Crippen LogP) is 3.38. The highest BCUT2D eigenvalue weighted by molar-refractivity contribution is 5.34. The van der Waals surface area contributed by atoms with Gasteiger partial charge in [-0.15, -0.1) is 0 Å². The highest BCUT2D eigenvalue weighted by Crippen LogP contribution is 2.18. The third kappa shape index (κ3) is 2.67. The molecule has 0 aliphatic rings. The second kappa shape index (κ2) is 5.04. The number of nitrogens with zero attached hydrogens (tertiary/aromatic N) is 2. The number of hydrogen-bond acceptors (Lipinski definition) is 2. The summed E-state index contributed by atoms with van der Waals surface area (Å²) in [5.74, 6) is 0.946. The zero-order valence-electron chi connectivity index (χ0n) is 10.6. The van der Waals surface area contributed by atoms with E-state index in [0.29, 0.717) is 0 Å². The minimum atomic E-state index is 0.267. The maximum absolute atomic E-state index is 4.50. The first-order valence-electron chi connectivity index (χ1n) is 6.06. The molecule has 90 valence electrons. The van der Waals surface area contributed by atoms with Crippen LogP contribution in [0, 0.1) is 6.92 Å². The van der Waals surface area contributed by atoms with E-state index in [1.807, 2.05) is 13.0 Å². The molecule has 0 amide bonds. The van der Waals surface area contributed by atoms with Crippen LogP contribution in [0.2, 0.25) is 0 Å². The van der Waals surface area contributed by atoms with Crippen molar-refractivity contribution in [3.63, 3.8) is 0 Å². The molecular formula is C14H19N3. The number of nitrogens with one attached hydrogen (secondary N) is 1. The normalized spacial score (nSPS) is 12.4. The highest BCUT2D eigenvalue weighted by atomic mass is 15.2. The van der Waals surface area contributed by atoms with E-state index < -0.39 is 0 Å². The fourth-order valence-corrected chi connectivity index (χ4v) is 1.92. The standard InChI is InChI=1S/C14H19N3/c1-4-17-10-11(2)15-14(17)16-12(3)13-8-6-5-7-9-13/h5-10,12H,4H2,1-3H3,(H,15,16). The van der Waals surface area contributed by atoms with Gasteiger partial charge >= 0.3 is 0 Å². The number of imidazole rings is 1. The first kappa shape index (κ1) is 11.7. The second-order valence-electron chi connectivity index (χ2n) is 4.27. The van der Waals surface area contributed by atoms with Gasteiger partial charge in [0.15, 0.2) is 0 Å². The lowest BCUT2D eigenvalue weighted by Gasteiger charge is -2.15. The van der Waals surface area contributed by atoms with E-state index in [0.717, 1.165) is 18.2 Å². The monoisotopic (exact) mass is 229 g/mol. The highest BCUT2D eigenvalue weighted by Gasteiger charge is 2.09. The average molecular weight is 229 g/mol. The van der Waals surface area contributed by atoms with E-state index in [4.69, 9.17) is 0 Å². The van der Waals surface area contributed by atoms with Gasteiger partial charge in [0.05, 0.1) is 11.7 Å². The quantitative estimate of drug-likeness (QED) is 0.871. The van der Waals surface area contributed by atoms with Gasteiger partial charge in [-0.2, -0.15) is 0 Å². The van der Waals surface area contributed by atoms with Crippen LogP contribution in [0.3, 0.4) is 0 Å². The lowest BCUT2D eigenvalue weighted by atomic mass is 10.1. The van der Waals surface area contributed by atoms with E-state index in [9.17, 15) is 0 Å². The Bertz CT molecular complexity index is 473. The SMILES string of the molecule is CCn1cc(C)nc1NC(C)c1ccccc1. The summed E-state index contributed by atoms with van der Waals surface area (Å²) >= 11 is 0. The zero-order chi connectivity index (χ0) is 12.3. The van der Waals surface area contributed by atoms with Crippen LogP contribution in [0.25, 0.3) is 0 Å². The number of hydrogen-bond donors (Lipinski definition) is 1. The van der Waals surface area contributed by atoms with E-state index >= 15 is 0 Å². The molecule has 1 aromatic heterocycles. The maximum Gasteiger partial charge on any atom is 0.203 e. The lowest BCUT2D eigenvalue weighted by molar-refractivity contribution is 0.744. The van der Waals surface area contributed by atoms with Crippen LogP contribution in [-0.2, 0) is 6.54 Å². The van der Waals surface area contributed by atoms with Crippen molar-refractivity contribution in [2.45, 2.75) is 33.4 Å². The molecule has 0 aliphatic carbocycles.